The summed E-state index contributed by atoms with van der Waals surface area (Å²) in [6.07, 6.45) is 2.48. The Balaban J connectivity index is 1.77. The van der Waals surface area contributed by atoms with Gasteiger partial charge in [0, 0.05) is 25.7 Å². The fourth-order valence-electron chi connectivity index (χ4n) is 2.61. The lowest BCUT2D eigenvalue weighted by atomic mass is 10.1. The van der Waals surface area contributed by atoms with Gasteiger partial charge in [-0.1, -0.05) is 6.07 Å². The van der Waals surface area contributed by atoms with Crippen molar-refractivity contribution in [1.82, 2.24) is 4.90 Å². The lowest BCUT2D eigenvalue weighted by Crippen LogP contribution is -2.36. The van der Waals surface area contributed by atoms with E-state index in [0.717, 1.165) is 44.5 Å². The zero-order valence-electron chi connectivity index (χ0n) is 12.4. The molecule has 1 saturated heterocycles. The van der Waals surface area contributed by atoms with E-state index in [-0.39, 0.29) is 16.7 Å². The van der Waals surface area contributed by atoms with E-state index < -0.39 is 0 Å². The van der Waals surface area contributed by atoms with Crippen LogP contribution in [0.5, 0.6) is 0 Å². The standard InChI is InChI=1S/C15H23N3O3/c1-12-3-4-14(15(11-12)18(20)21)16-7-2-8-17-9-5-13(19)6-10-17/h3-4,11,13,16,19H,2,5-10H2,1H3. The van der Waals surface area contributed by atoms with Gasteiger partial charge in [-0.25, -0.2) is 0 Å². The molecule has 1 fully saturated rings. The molecule has 2 rings (SSSR count). The van der Waals surface area contributed by atoms with Crippen LogP contribution >= 0.6 is 0 Å². The van der Waals surface area contributed by atoms with E-state index in [1.54, 1.807) is 12.1 Å². The molecule has 116 valence electrons. The minimum atomic E-state index is -0.346. The lowest BCUT2D eigenvalue weighted by molar-refractivity contribution is -0.384. The van der Waals surface area contributed by atoms with Gasteiger partial charge in [0.2, 0.25) is 0 Å². The number of benzene rings is 1. The number of aliphatic hydroxyl groups excluding tert-OH is 1. The predicted octanol–water partition coefficient (Wildman–Crippen LogP) is 2.16. The van der Waals surface area contributed by atoms with Crippen LogP contribution in [0, 0.1) is 17.0 Å². The topological polar surface area (TPSA) is 78.6 Å². The quantitative estimate of drug-likeness (QED) is 0.477. The molecule has 6 heteroatoms. The van der Waals surface area contributed by atoms with Crippen molar-refractivity contribution in [3.63, 3.8) is 0 Å². The molecule has 0 aliphatic carbocycles. The van der Waals surface area contributed by atoms with Crippen LogP contribution in [-0.2, 0) is 0 Å². The van der Waals surface area contributed by atoms with Gasteiger partial charge in [0.05, 0.1) is 11.0 Å². The van der Waals surface area contributed by atoms with E-state index in [1.807, 2.05) is 13.0 Å². The maximum absolute atomic E-state index is 11.0. The molecule has 0 saturated carbocycles. The van der Waals surface area contributed by atoms with Gasteiger partial charge in [-0.2, -0.15) is 0 Å². The van der Waals surface area contributed by atoms with Crippen molar-refractivity contribution in [2.75, 3.05) is 31.5 Å². The Kier molecular flexibility index (Phi) is 5.52. The van der Waals surface area contributed by atoms with E-state index in [9.17, 15) is 15.2 Å². The number of nitrogens with zero attached hydrogens (tertiary/aromatic N) is 2. The summed E-state index contributed by atoms with van der Waals surface area (Å²) in [5.41, 5.74) is 1.61. The van der Waals surface area contributed by atoms with Gasteiger partial charge in [-0.15, -0.1) is 0 Å². The normalized spacial score (nSPS) is 16.9. The summed E-state index contributed by atoms with van der Waals surface area (Å²) in [7, 11) is 0. The van der Waals surface area contributed by atoms with Crippen molar-refractivity contribution in [2.45, 2.75) is 32.3 Å². The fourth-order valence-corrected chi connectivity index (χ4v) is 2.61. The number of anilines is 1. The highest BCUT2D eigenvalue weighted by molar-refractivity contribution is 5.62. The van der Waals surface area contributed by atoms with Gasteiger partial charge in [-0.3, -0.25) is 10.1 Å². The second-order valence-electron chi connectivity index (χ2n) is 5.63. The summed E-state index contributed by atoms with van der Waals surface area (Å²) in [5, 5.41) is 23.6. The molecule has 1 aromatic rings. The largest absolute Gasteiger partial charge is 0.393 e. The second kappa shape index (κ2) is 7.38. The Labute approximate surface area is 124 Å². The number of hydrogen-bond donors (Lipinski definition) is 2. The average molecular weight is 293 g/mol. The second-order valence-corrected chi connectivity index (χ2v) is 5.63. The molecule has 0 radical (unpaired) electrons. The molecule has 21 heavy (non-hydrogen) atoms. The van der Waals surface area contributed by atoms with Crippen molar-refractivity contribution < 1.29 is 10.0 Å². The van der Waals surface area contributed by atoms with Gasteiger partial charge in [0.1, 0.15) is 5.69 Å². The Morgan fingerprint density at radius 2 is 2.14 bits per heavy atom. The molecule has 0 spiro atoms. The molecule has 0 unspecified atom stereocenters. The maximum atomic E-state index is 11.0. The summed E-state index contributed by atoms with van der Waals surface area (Å²) in [4.78, 5) is 13.0. The molecule has 0 atom stereocenters. The minimum Gasteiger partial charge on any atom is -0.393 e. The van der Waals surface area contributed by atoms with Gasteiger partial charge in [0.15, 0.2) is 0 Å². The Hall–Kier alpha value is -1.66. The van der Waals surface area contributed by atoms with E-state index in [0.29, 0.717) is 12.2 Å². The number of rotatable bonds is 6. The van der Waals surface area contributed by atoms with Crippen LogP contribution < -0.4 is 5.32 Å². The molecule has 0 aromatic heterocycles. The first-order valence-corrected chi connectivity index (χ1v) is 7.45. The van der Waals surface area contributed by atoms with Crippen LogP contribution in [0.2, 0.25) is 0 Å². The predicted molar refractivity (Wildman–Crippen MR) is 82.6 cm³/mol. The number of piperidine rings is 1. The van der Waals surface area contributed by atoms with Crippen LogP contribution in [0.3, 0.4) is 0 Å². The van der Waals surface area contributed by atoms with Crippen molar-refractivity contribution in [3.8, 4) is 0 Å². The first-order valence-electron chi connectivity index (χ1n) is 7.45. The van der Waals surface area contributed by atoms with Crippen molar-refractivity contribution in [2.24, 2.45) is 0 Å². The van der Waals surface area contributed by atoms with Gasteiger partial charge in [-0.05, 0) is 44.4 Å². The summed E-state index contributed by atoms with van der Waals surface area (Å²) in [5.74, 6) is 0. The lowest BCUT2D eigenvalue weighted by Gasteiger charge is -2.29. The number of aliphatic hydroxyl groups is 1. The fraction of sp³-hybridized carbons (Fsp3) is 0.600. The van der Waals surface area contributed by atoms with Gasteiger partial charge < -0.3 is 15.3 Å². The highest BCUT2D eigenvalue weighted by Crippen LogP contribution is 2.25. The monoisotopic (exact) mass is 293 g/mol. The maximum Gasteiger partial charge on any atom is 0.292 e. The Bertz CT molecular complexity index is 485. The minimum absolute atomic E-state index is 0.135. The Morgan fingerprint density at radius 3 is 2.81 bits per heavy atom. The van der Waals surface area contributed by atoms with E-state index in [1.165, 1.54) is 0 Å². The third kappa shape index (κ3) is 4.68. The zero-order chi connectivity index (χ0) is 15.2. The Morgan fingerprint density at radius 1 is 1.43 bits per heavy atom. The van der Waals surface area contributed by atoms with E-state index in [2.05, 4.69) is 10.2 Å². The molecule has 1 heterocycles. The van der Waals surface area contributed by atoms with Crippen LogP contribution in [0.1, 0.15) is 24.8 Å². The van der Waals surface area contributed by atoms with Crippen LogP contribution in [-0.4, -0.2) is 47.2 Å². The molecule has 6 nitrogen and oxygen atoms in total. The molecule has 1 aromatic carbocycles. The summed E-state index contributed by atoms with van der Waals surface area (Å²) in [6, 6.07) is 5.24. The molecule has 0 amide bonds. The smallest absolute Gasteiger partial charge is 0.292 e. The highest BCUT2D eigenvalue weighted by atomic mass is 16.6. The van der Waals surface area contributed by atoms with Crippen molar-refractivity contribution >= 4 is 11.4 Å². The number of hydrogen-bond acceptors (Lipinski definition) is 5. The molecular weight excluding hydrogens is 270 g/mol. The summed E-state index contributed by atoms with van der Waals surface area (Å²) >= 11 is 0. The van der Waals surface area contributed by atoms with Gasteiger partial charge >= 0.3 is 0 Å². The number of aryl methyl sites for hydroxylation is 1. The molecule has 2 N–H and O–H groups in total. The van der Waals surface area contributed by atoms with E-state index in [4.69, 9.17) is 0 Å². The SMILES string of the molecule is Cc1ccc(NCCCN2CCC(O)CC2)c([N+](=O)[O-])c1. The summed E-state index contributed by atoms with van der Waals surface area (Å²) < 4.78 is 0. The number of nitrogens with one attached hydrogen (secondary N) is 1. The average Bonchev–Trinajstić information content (AvgIpc) is 2.46. The van der Waals surface area contributed by atoms with Crippen molar-refractivity contribution in [1.29, 1.82) is 0 Å². The zero-order valence-corrected chi connectivity index (χ0v) is 12.4. The first-order chi connectivity index (χ1) is 10.1. The number of nitro groups is 1. The molecule has 0 bridgehead atoms. The van der Waals surface area contributed by atoms with E-state index >= 15 is 0 Å². The van der Waals surface area contributed by atoms with Gasteiger partial charge in [0.25, 0.3) is 5.69 Å². The van der Waals surface area contributed by atoms with Crippen molar-refractivity contribution in [3.05, 3.63) is 33.9 Å². The third-order valence-corrected chi connectivity index (χ3v) is 3.87. The molecular formula is C15H23N3O3. The number of nitro benzene ring substituents is 1. The van der Waals surface area contributed by atoms with Crippen LogP contribution in [0.4, 0.5) is 11.4 Å². The van der Waals surface area contributed by atoms with Crippen LogP contribution in [0.25, 0.3) is 0 Å². The van der Waals surface area contributed by atoms with Crippen LogP contribution in [0.15, 0.2) is 18.2 Å². The summed E-state index contributed by atoms with van der Waals surface area (Å²) in [6.45, 7) is 5.39. The molecule has 1 aliphatic heterocycles. The number of likely N-dealkylation sites (tertiary alicyclic amines) is 1. The third-order valence-electron chi connectivity index (χ3n) is 3.87. The molecule has 1 aliphatic rings. The first kappa shape index (κ1) is 15.7. The highest BCUT2D eigenvalue weighted by Gasteiger charge is 2.16.